The maximum absolute atomic E-state index is 5.39. The van der Waals surface area contributed by atoms with Crippen molar-refractivity contribution in [2.24, 2.45) is 0 Å². The van der Waals surface area contributed by atoms with Gasteiger partial charge in [-0.2, -0.15) is 11.8 Å². The van der Waals surface area contributed by atoms with Crippen LogP contribution < -0.4 is 4.74 Å². The van der Waals surface area contributed by atoms with Crippen molar-refractivity contribution in [2.75, 3.05) is 25.7 Å². The number of rotatable bonds is 6. The minimum atomic E-state index is 0.368. The summed E-state index contributed by atoms with van der Waals surface area (Å²) in [5.41, 5.74) is 3.64. The Balaban J connectivity index is 1.82. The SMILES string of the molecule is COc1ncccc1CN1CCc2[nH]cnc2[C@H]1CCSC. The summed E-state index contributed by atoms with van der Waals surface area (Å²) in [5.74, 6) is 1.86. The molecule has 5 nitrogen and oxygen atoms in total. The number of hydrogen-bond acceptors (Lipinski definition) is 5. The van der Waals surface area contributed by atoms with Crippen molar-refractivity contribution in [3.05, 3.63) is 41.6 Å². The first kappa shape index (κ1) is 15.4. The summed E-state index contributed by atoms with van der Waals surface area (Å²) in [6.45, 7) is 1.88. The largest absolute Gasteiger partial charge is 0.481 e. The average molecular weight is 318 g/mol. The summed E-state index contributed by atoms with van der Waals surface area (Å²) in [6.07, 6.45) is 7.89. The van der Waals surface area contributed by atoms with Crippen molar-refractivity contribution in [1.82, 2.24) is 19.9 Å². The molecule has 0 unspecified atom stereocenters. The second kappa shape index (κ2) is 7.15. The molecule has 1 aliphatic heterocycles. The molecule has 0 fully saturated rings. The Kier molecular flexibility index (Phi) is 5.00. The number of fused-ring (bicyclic) bond motifs is 1. The Hall–Kier alpha value is -1.53. The minimum absolute atomic E-state index is 0.368. The van der Waals surface area contributed by atoms with Crippen LogP contribution in [0.2, 0.25) is 0 Å². The summed E-state index contributed by atoms with van der Waals surface area (Å²) in [7, 11) is 1.68. The van der Waals surface area contributed by atoms with Gasteiger partial charge in [0.05, 0.1) is 25.2 Å². The van der Waals surface area contributed by atoms with E-state index in [0.717, 1.165) is 43.1 Å². The highest BCUT2D eigenvalue weighted by Crippen LogP contribution is 2.33. The number of pyridine rings is 1. The van der Waals surface area contributed by atoms with Crippen LogP contribution in [0.3, 0.4) is 0 Å². The van der Waals surface area contributed by atoms with Gasteiger partial charge in [-0.3, -0.25) is 4.90 Å². The smallest absolute Gasteiger partial charge is 0.217 e. The molecule has 0 aromatic carbocycles. The van der Waals surface area contributed by atoms with Gasteiger partial charge in [0, 0.05) is 37.0 Å². The van der Waals surface area contributed by atoms with E-state index < -0.39 is 0 Å². The van der Waals surface area contributed by atoms with Gasteiger partial charge in [0.15, 0.2) is 0 Å². The predicted molar refractivity (Wildman–Crippen MR) is 89.2 cm³/mol. The molecule has 22 heavy (non-hydrogen) atoms. The van der Waals surface area contributed by atoms with Gasteiger partial charge in [0.1, 0.15) is 0 Å². The van der Waals surface area contributed by atoms with Crippen LogP contribution in [0.25, 0.3) is 0 Å². The van der Waals surface area contributed by atoms with Crippen molar-refractivity contribution in [1.29, 1.82) is 0 Å². The Morgan fingerprint density at radius 2 is 2.36 bits per heavy atom. The molecular formula is C16H22N4OS. The molecule has 0 saturated heterocycles. The van der Waals surface area contributed by atoms with E-state index in [9.17, 15) is 0 Å². The molecule has 2 aromatic rings. The van der Waals surface area contributed by atoms with E-state index in [0.29, 0.717) is 6.04 Å². The summed E-state index contributed by atoms with van der Waals surface area (Å²) < 4.78 is 5.39. The van der Waals surface area contributed by atoms with Crippen LogP contribution in [0.1, 0.15) is 29.4 Å². The molecule has 0 radical (unpaired) electrons. The van der Waals surface area contributed by atoms with Crippen LogP contribution >= 0.6 is 11.8 Å². The first-order valence-electron chi connectivity index (χ1n) is 7.56. The van der Waals surface area contributed by atoms with Crippen LogP contribution in [-0.2, 0) is 13.0 Å². The maximum atomic E-state index is 5.39. The van der Waals surface area contributed by atoms with Gasteiger partial charge in [-0.1, -0.05) is 6.07 Å². The van der Waals surface area contributed by atoms with Gasteiger partial charge in [-0.05, 0) is 24.5 Å². The molecule has 1 atom stereocenters. The molecule has 0 bridgehead atoms. The second-order valence-corrected chi connectivity index (χ2v) is 6.44. The quantitative estimate of drug-likeness (QED) is 0.887. The van der Waals surface area contributed by atoms with E-state index in [4.69, 9.17) is 4.74 Å². The summed E-state index contributed by atoms with van der Waals surface area (Å²) >= 11 is 1.89. The number of ether oxygens (including phenoxy) is 1. The highest BCUT2D eigenvalue weighted by molar-refractivity contribution is 7.98. The van der Waals surface area contributed by atoms with E-state index in [1.165, 1.54) is 11.4 Å². The van der Waals surface area contributed by atoms with E-state index in [2.05, 4.69) is 32.2 Å². The van der Waals surface area contributed by atoms with Gasteiger partial charge >= 0.3 is 0 Å². The third-order valence-corrected chi connectivity index (χ3v) is 4.81. The number of hydrogen-bond donors (Lipinski definition) is 1. The summed E-state index contributed by atoms with van der Waals surface area (Å²) in [5, 5.41) is 0. The van der Waals surface area contributed by atoms with Crippen LogP contribution in [0.5, 0.6) is 5.88 Å². The topological polar surface area (TPSA) is 54.0 Å². The summed E-state index contributed by atoms with van der Waals surface area (Å²) in [6, 6.07) is 4.43. The number of nitrogens with one attached hydrogen (secondary N) is 1. The Morgan fingerprint density at radius 3 is 3.18 bits per heavy atom. The van der Waals surface area contributed by atoms with Crippen molar-refractivity contribution in [2.45, 2.75) is 25.4 Å². The molecule has 0 aliphatic carbocycles. The predicted octanol–water partition coefficient (Wildman–Crippen LogP) is 2.67. The van der Waals surface area contributed by atoms with Crippen LogP contribution in [-0.4, -0.2) is 45.5 Å². The molecule has 3 rings (SSSR count). The van der Waals surface area contributed by atoms with Crippen molar-refractivity contribution in [3.63, 3.8) is 0 Å². The van der Waals surface area contributed by atoms with E-state index in [-0.39, 0.29) is 0 Å². The molecule has 1 aliphatic rings. The van der Waals surface area contributed by atoms with Crippen molar-refractivity contribution in [3.8, 4) is 5.88 Å². The van der Waals surface area contributed by atoms with Crippen molar-refractivity contribution < 1.29 is 4.74 Å². The highest BCUT2D eigenvalue weighted by atomic mass is 32.2. The number of nitrogens with zero attached hydrogens (tertiary/aromatic N) is 3. The lowest BCUT2D eigenvalue weighted by Gasteiger charge is -2.35. The van der Waals surface area contributed by atoms with E-state index in [1.807, 2.05) is 24.2 Å². The number of thioether (sulfide) groups is 1. The Morgan fingerprint density at radius 1 is 1.45 bits per heavy atom. The minimum Gasteiger partial charge on any atom is -0.481 e. The first-order valence-corrected chi connectivity index (χ1v) is 8.96. The number of aromatic nitrogens is 3. The van der Waals surface area contributed by atoms with Gasteiger partial charge in [-0.15, -0.1) is 0 Å². The highest BCUT2D eigenvalue weighted by Gasteiger charge is 2.29. The van der Waals surface area contributed by atoms with Gasteiger partial charge in [-0.25, -0.2) is 9.97 Å². The molecule has 3 heterocycles. The fourth-order valence-corrected chi connectivity index (χ4v) is 3.55. The standard InChI is InChI=1S/C16H22N4OS/c1-21-16-12(4-3-7-17-16)10-20-8-5-13-15(19-11-18-13)14(20)6-9-22-2/h3-4,7,11,14H,5-6,8-10H2,1-2H3,(H,18,19)/t14-/m1/s1. The lowest BCUT2D eigenvalue weighted by Crippen LogP contribution is -2.35. The zero-order valence-electron chi connectivity index (χ0n) is 13.1. The maximum Gasteiger partial charge on any atom is 0.217 e. The van der Waals surface area contributed by atoms with E-state index in [1.54, 1.807) is 13.3 Å². The second-order valence-electron chi connectivity index (χ2n) is 5.46. The molecule has 0 saturated carbocycles. The van der Waals surface area contributed by atoms with Crippen LogP contribution in [0.4, 0.5) is 0 Å². The van der Waals surface area contributed by atoms with Crippen molar-refractivity contribution >= 4 is 11.8 Å². The number of H-pyrrole nitrogens is 1. The first-order chi connectivity index (χ1) is 10.8. The fraction of sp³-hybridized carbons (Fsp3) is 0.500. The molecule has 1 N–H and O–H groups in total. The molecule has 0 spiro atoms. The third kappa shape index (κ3) is 3.13. The Labute approximate surface area is 135 Å². The van der Waals surface area contributed by atoms with Crippen LogP contribution in [0, 0.1) is 0 Å². The molecule has 118 valence electrons. The molecule has 2 aromatic heterocycles. The average Bonchev–Trinajstić information content (AvgIpc) is 3.03. The third-order valence-electron chi connectivity index (χ3n) is 4.17. The number of methoxy groups -OCH3 is 1. The molecule has 0 amide bonds. The normalized spacial score (nSPS) is 18.2. The zero-order valence-corrected chi connectivity index (χ0v) is 13.9. The lowest BCUT2D eigenvalue weighted by atomic mass is 10.00. The fourth-order valence-electron chi connectivity index (χ4n) is 3.09. The molecular weight excluding hydrogens is 296 g/mol. The van der Waals surface area contributed by atoms with Crippen LogP contribution in [0.15, 0.2) is 24.7 Å². The van der Waals surface area contributed by atoms with E-state index >= 15 is 0 Å². The molecule has 6 heteroatoms. The zero-order chi connectivity index (χ0) is 15.4. The lowest BCUT2D eigenvalue weighted by molar-refractivity contribution is 0.166. The summed E-state index contributed by atoms with van der Waals surface area (Å²) in [4.78, 5) is 14.7. The van der Waals surface area contributed by atoms with Gasteiger partial charge in [0.25, 0.3) is 0 Å². The number of aromatic amines is 1. The monoisotopic (exact) mass is 318 g/mol. The van der Waals surface area contributed by atoms with Gasteiger partial charge in [0.2, 0.25) is 5.88 Å². The Bertz CT molecular complexity index is 616. The number of imidazole rings is 1. The van der Waals surface area contributed by atoms with Gasteiger partial charge < -0.3 is 9.72 Å².